The molecule has 1 aromatic carbocycles. The molecule has 0 fully saturated rings. The zero-order chi connectivity index (χ0) is 16.5. The Morgan fingerprint density at radius 1 is 1.04 bits per heavy atom. The molecular weight excluding hydrogens is 304 g/mol. The highest BCUT2D eigenvalue weighted by atomic mass is 16.2. The fraction of sp³-hybridized carbons (Fsp3) is 0.235. The van der Waals surface area contributed by atoms with E-state index in [4.69, 9.17) is 9.97 Å². The normalized spacial score (nSPS) is 14.4. The molecule has 0 saturated carbocycles. The van der Waals surface area contributed by atoms with Gasteiger partial charge in [0.1, 0.15) is 5.69 Å². The van der Waals surface area contributed by atoms with E-state index in [1.54, 1.807) is 11.1 Å². The van der Waals surface area contributed by atoms with Gasteiger partial charge in [-0.3, -0.25) is 14.7 Å². The summed E-state index contributed by atoms with van der Waals surface area (Å²) in [6.07, 6.45) is 5.38. The van der Waals surface area contributed by atoms with Crippen LogP contribution in [-0.4, -0.2) is 46.0 Å². The van der Waals surface area contributed by atoms with Crippen LogP contribution in [0.5, 0.6) is 0 Å². The molecular formula is C17H16N6O. The summed E-state index contributed by atoms with van der Waals surface area (Å²) in [5.74, 6) is 1.08. The number of carbonyl (C=O) groups is 1. The molecule has 0 atom stereocenters. The third-order valence-corrected chi connectivity index (χ3v) is 4.05. The van der Waals surface area contributed by atoms with Gasteiger partial charge in [-0.05, 0) is 18.6 Å². The number of hydrogen-bond acceptors (Lipinski definition) is 6. The van der Waals surface area contributed by atoms with E-state index in [-0.39, 0.29) is 5.91 Å². The molecule has 3 aromatic rings. The van der Waals surface area contributed by atoms with Crippen molar-refractivity contribution in [2.24, 2.45) is 0 Å². The third-order valence-electron chi connectivity index (χ3n) is 4.05. The van der Waals surface area contributed by atoms with E-state index in [9.17, 15) is 4.79 Å². The van der Waals surface area contributed by atoms with E-state index in [1.807, 2.05) is 36.2 Å². The van der Waals surface area contributed by atoms with Gasteiger partial charge in [-0.1, -0.05) is 12.1 Å². The van der Waals surface area contributed by atoms with Gasteiger partial charge in [0.15, 0.2) is 11.6 Å². The molecule has 0 N–H and O–H groups in total. The van der Waals surface area contributed by atoms with Crippen molar-refractivity contribution in [2.75, 3.05) is 29.9 Å². The second kappa shape index (κ2) is 5.84. The van der Waals surface area contributed by atoms with Crippen molar-refractivity contribution < 1.29 is 4.79 Å². The third kappa shape index (κ3) is 2.44. The maximum absolute atomic E-state index is 12.9. The molecule has 0 radical (unpaired) electrons. The predicted molar refractivity (Wildman–Crippen MR) is 91.1 cm³/mol. The number of aromatic nitrogens is 4. The second-order valence-electron chi connectivity index (χ2n) is 5.68. The lowest BCUT2D eigenvalue weighted by molar-refractivity contribution is 0.0981. The van der Waals surface area contributed by atoms with Crippen molar-refractivity contribution in [1.82, 2.24) is 19.9 Å². The van der Waals surface area contributed by atoms with Crippen LogP contribution in [0.1, 0.15) is 16.9 Å². The summed E-state index contributed by atoms with van der Waals surface area (Å²) in [5.41, 5.74) is 1.89. The van der Waals surface area contributed by atoms with Gasteiger partial charge >= 0.3 is 0 Å². The highest BCUT2D eigenvalue weighted by molar-refractivity contribution is 6.06. The summed E-state index contributed by atoms with van der Waals surface area (Å²) >= 11 is 0. The van der Waals surface area contributed by atoms with Crippen LogP contribution < -0.4 is 9.80 Å². The number of para-hydroxylation sites is 2. The first kappa shape index (κ1) is 14.5. The summed E-state index contributed by atoms with van der Waals surface area (Å²) in [6.45, 7) is 1.38. The zero-order valence-corrected chi connectivity index (χ0v) is 13.3. The molecule has 0 aliphatic carbocycles. The maximum Gasteiger partial charge on any atom is 0.279 e. The number of amides is 1. The fourth-order valence-electron chi connectivity index (χ4n) is 2.84. The van der Waals surface area contributed by atoms with E-state index in [0.717, 1.165) is 24.0 Å². The summed E-state index contributed by atoms with van der Waals surface area (Å²) in [5, 5.41) is 0. The Hall–Kier alpha value is -3.09. The molecule has 4 rings (SSSR count). The topological polar surface area (TPSA) is 75.1 Å². The van der Waals surface area contributed by atoms with Crippen LogP contribution >= 0.6 is 0 Å². The molecule has 0 unspecified atom stereocenters. The number of fused-ring (bicyclic) bond motifs is 2. The van der Waals surface area contributed by atoms with Crippen molar-refractivity contribution in [3.63, 3.8) is 0 Å². The first-order valence-electron chi connectivity index (χ1n) is 7.80. The van der Waals surface area contributed by atoms with Crippen LogP contribution in [-0.2, 0) is 0 Å². The first-order valence-corrected chi connectivity index (χ1v) is 7.80. The fourth-order valence-corrected chi connectivity index (χ4v) is 2.84. The lowest BCUT2D eigenvalue weighted by Crippen LogP contribution is -2.33. The molecule has 1 amide bonds. The summed E-state index contributed by atoms with van der Waals surface area (Å²) in [4.78, 5) is 34.1. The van der Waals surface area contributed by atoms with Crippen molar-refractivity contribution in [3.8, 4) is 0 Å². The zero-order valence-electron chi connectivity index (χ0n) is 13.3. The van der Waals surface area contributed by atoms with E-state index in [2.05, 4.69) is 9.97 Å². The molecule has 7 heteroatoms. The molecule has 120 valence electrons. The van der Waals surface area contributed by atoms with E-state index >= 15 is 0 Å². The molecule has 3 heterocycles. The van der Waals surface area contributed by atoms with Crippen LogP contribution in [0, 0.1) is 0 Å². The Morgan fingerprint density at radius 3 is 2.50 bits per heavy atom. The largest absolute Gasteiger partial charge is 0.357 e. The van der Waals surface area contributed by atoms with Gasteiger partial charge in [0.25, 0.3) is 5.91 Å². The van der Waals surface area contributed by atoms with E-state index in [1.165, 1.54) is 12.4 Å². The van der Waals surface area contributed by atoms with Gasteiger partial charge in [0.05, 0.1) is 17.2 Å². The smallest absolute Gasteiger partial charge is 0.279 e. The Labute approximate surface area is 139 Å². The van der Waals surface area contributed by atoms with Gasteiger partial charge < -0.3 is 4.90 Å². The Bertz CT molecular complexity index is 898. The van der Waals surface area contributed by atoms with Crippen molar-refractivity contribution >= 4 is 28.6 Å². The maximum atomic E-state index is 12.9. The second-order valence-corrected chi connectivity index (χ2v) is 5.68. The number of hydrogen-bond donors (Lipinski definition) is 0. The lowest BCUT2D eigenvalue weighted by atomic mass is 10.3. The Morgan fingerprint density at radius 2 is 1.79 bits per heavy atom. The number of nitrogens with zero attached hydrogens (tertiary/aromatic N) is 6. The predicted octanol–water partition coefficient (Wildman–Crippen LogP) is 1.91. The number of anilines is 2. The minimum Gasteiger partial charge on any atom is -0.357 e. The lowest BCUT2D eigenvalue weighted by Gasteiger charge is -2.22. The first-order chi connectivity index (χ1) is 11.7. The highest BCUT2D eigenvalue weighted by Gasteiger charge is 2.28. The SMILES string of the molecule is CN1CCCN(C(=O)c2cnccn2)c2nc3ccccc3nc21. The van der Waals surface area contributed by atoms with Crippen LogP contribution in [0.15, 0.2) is 42.9 Å². The standard InChI is InChI=1S/C17H16N6O/c1-22-9-4-10-23(17(24)14-11-18-7-8-19-14)16-15(22)20-12-5-2-3-6-13(12)21-16/h2-3,5-8,11H,4,9-10H2,1H3. The van der Waals surface area contributed by atoms with Crippen molar-refractivity contribution in [2.45, 2.75) is 6.42 Å². The van der Waals surface area contributed by atoms with Gasteiger partial charge in [0, 0.05) is 32.5 Å². The molecule has 1 aliphatic rings. The summed E-state index contributed by atoms with van der Waals surface area (Å²) < 4.78 is 0. The van der Waals surface area contributed by atoms with Crippen LogP contribution in [0.4, 0.5) is 11.6 Å². The van der Waals surface area contributed by atoms with Crippen molar-refractivity contribution in [3.05, 3.63) is 48.5 Å². The van der Waals surface area contributed by atoms with Crippen molar-refractivity contribution in [1.29, 1.82) is 0 Å². The van der Waals surface area contributed by atoms with E-state index in [0.29, 0.717) is 23.9 Å². The highest BCUT2D eigenvalue weighted by Crippen LogP contribution is 2.30. The molecule has 2 aromatic heterocycles. The number of benzene rings is 1. The van der Waals surface area contributed by atoms with Crippen LogP contribution in [0.3, 0.4) is 0 Å². The van der Waals surface area contributed by atoms with Crippen LogP contribution in [0.25, 0.3) is 11.0 Å². The molecule has 0 spiro atoms. The molecule has 7 nitrogen and oxygen atoms in total. The average Bonchev–Trinajstić information content (AvgIpc) is 2.79. The average molecular weight is 320 g/mol. The molecule has 0 saturated heterocycles. The quantitative estimate of drug-likeness (QED) is 0.682. The Kier molecular flexibility index (Phi) is 3.53. The van der Waals surface area contributed by atoms with Gasteiger partial charge in [-0.2, -0.15) is 0 Å². The number of rotatable bonds is 1. The van der Waals surface area contributed by atoms with Gasteiger partial charge in [-0.25, -0.2) is 15.0 Å². The van der Waals surface area contributed by atoms with Gasteiger partial charge in [-0.15, -0.1) is 0 Å². The minimum absolute atomic E-state index is 0.204. The molecule has 1 aliphatic heterocycles. The molecule has 0 bridgehead atoms. The Balaban J connectivity index is 1.86. The molecule has 24 heavy (non-hydrogen) atoms. The van der Waals surface area contributed by atoms with Gasteiger partial charge in [0.2, 0.25) is 0 Å². The summed E-state index contributed by atoms with van der Waals surface area (Å²) in [7, 11) is 1.97. The van der Waals surface area contributed by atoms with E-state index < -0.39 is 0 Å². The summed E-state index contributed by atoms with van der Waals surface area (Å²) in [6, 6.07) is 7.68. The minimum atomic E-state index is -0.204. The number of carbonyl (C=O) groups excluding carboxylic acids is 1. The van der Waals surface area contributed by atoms with Crippen LogP contribution in [0.2, 0.25) is 0 Å². The monoisotopic (exact) mass is 320 g/mol.